The molecule has 180 valence electrons. The number of ketones is 1. The van der Waals surface area contributed by atoms with E-state index in [9.17, 15) is 14.7 Å². The smallest absolute Gasteiger partial charge is 0.300 e. The highest BCUT2D eigenvalue weighted by Gasteiger charge is 2.47. The minimum atomic E-state index is -0.909. The predicted octanol–water partition coefficient (Wildman–Crippen LogP) is 6.42. The van der Waals surface area contributed by atoms with Gasteiger partial charge in [-0.1, -0.05) is 53.5 Å². The molecule has 8 heteroatoms. The van der Waals surface area contributed by atoms with Gasteiger partial charge in [-0.25, -0.2) is 0 Å². The topological polar surface area (TPSA) is 76.1 Å². The van der Waals surface area contributed by atoms with E-state index in [1.54, 1.807) is 48.5 Å². The third kappa shape index (κ3) is 4.72. The largest absolute Gasteiger partial charge is 0.507 e. The van der Waals surface area contributed by atoms with Crippen molar-refractivity contribution in [1.29, 1.82) is 0 Å². The lowest BCUT2D eigenvalue weighted by Crippen LogP contribution is -2.29. The summed E-state index contributed by atoms with van der Waals surface area (Å²) in [6, 6.07) is 17.8. The predicted molar refractivity (Wildman–Crippen MR) is 136 cm³/mol. The first-order chi connectivity index (χ1) is 16.7. The number of carbonyl (C=O) groups excluding carboxylic acids is 2. The van der Waals surface area contributed by atoms with E-state index in [0.29, 0.717) is 17.0 Å². The Morgan fingerprint density at radius 1 is 1.00 bits per heavy atom. The maximum atomic E-state index is 13.3. The van der Waals surface area contributed by atoms with Gasteiger partial charge in [-0.3, -0.25) is 14.5 Å². The van der Waals surface area contributed by atoms with Gasteiger partial charge in [0.25, 0.3) is 11.7 Å². The number of ether oxygens (including phenoxy) is 2. The Bertz CT molecular complexity index is 1300. The van der Waals surface area contributed by atoms with E-state index in [1.165, 1.54) is 24.1 Å². The Balaban J connectivity index is 1.95. The number of aliphatic hydroxyl groups is 1. The van der Waals surface area contributed by atoms with Crippen LogP contribution in [0.25, 0.3) is 5.76 Å². The Morgan fingerprint density at radius 3 is 2.26 bits per heavy atom. The van der Waals surface area contributed by atoms with Crippen molar-refractivity contribution in [3.8, 4) is 11.5 Å². The molecule has 1 unspecified atom stereocenters. The molecule has 1 saturated heterocycles. The number of benzene rings is 3. The molecule has 0 saturated carbocycles. The molecule has 0 spiro atoms. The van der Waals surface area contributed by atoms with Gasteiger partial charge in [0.05, 0.1) is 35.4 Å². The zero-order chi connectivity index (χ0) is 25.3. The molecule has 1 N–H and O–H groups in total. The molecule has 0 radical (unpaired) electrons. The maximum absolute atomic E-state index is 13.3. The second-order valence-electron chi connectivity index (χ2n) is 8.21. The van der Waals surface area contributed by atoms with Crippen molar-refractivity contribution in [3.63, 3.8) is 0 Å². The zero-order valence-corrected chi connectivity index (χ0v) is 20.8. The highest BCUT2D eigenvalue weighted by Crippen LogP contribution is 2.45. The van der Waals surface area contributed by atoms with Gasteiger partial charge in [-0.15, -0.1) is 0 Å². The summed E-state index contributed by atoms with van der Waals surface area (Å²) in [5.74, 6) is -1.26. The Hall–Kier alpha value is -3.48. The number of methoxy groups -OCH3 is 1. The van der Waals surface area contributed by atoms with E-state index in [-0.39, 0.29) is 33.0 Å². The van der Waals surface area contributed by atoms with Gasteiger partial charge in [0, 0.05) is 10.7 Å². The molecule has 0 aromatic heterocycles. The lowest BCUT2D eigenvalue weighted by atomic mass is 9.94. The summed E-state index contributed by atoms with van der Waals surface area (Å²) < 4.78 is 11.1. The molecule has 3 aromatic rings. The quantitative estimate of drug-likeness (QED) is 0.235. The van der Waals surface area contributed by atoms with Gasteiger partial charge < -0.3 is 14.6 Å². The number of para-hydroxylation sites is 1. The van der Waals surface area contributed by atoms with Crippen molar-refractivity contribution in [2.75, 3.05) is 12.0 Å². The summed E-state index contributed by atoms with van der Waals surface area (Å²) >= 11 is 12.4. The van der Waals surface area contributed by atoms with E-state index >= 15 is 0 Å². The highest BCUT2D eigenvalue weighted by molar-refractivity contribution is 6.51. The summed E-state index contributed by atoms with van der Waals surface area (Å²) in [6.45, 7) is 3.84. The van der Waals surface area contributed by atoms with Crippen molar-refractivity contribution in [3.05, 3.63) is 93.5 Å². The molecule has 1 heterocycles. The van der Waals surface area contributed by atoms with E-state index in [4.69, 9.17) is 32.7 Å². The first-order valence-electron chi connectivity index (χ1n) is 10.9. The lowest BCUT2D eigenvalue weighted by molar-refractivity contribution is -0.132. The fourth-order valence-corrected chi connectivity index (χ4v) is 4.66. The van der Waals surface area contributed by atoms with Crippen LogP contribution in [0.4, 0.5) is 5.69 Å². The van der Waals surface area contributed by atoms with Crippen LogP contribution in [0.15, 0.2) is 72.3 Å². The molecule has 35 heavy (non-hydrogen) atoms. The van der Waals surface area contributed by atoms with E-state index in [2.05, 4.69) is 0 Å². The van der Waals surface area contributed by atoms with Gasteiger partial charge in [0.1, 0.15) is 17.3 Å². The number of hydrogen-bond donors (Lipinski definition) is 1. The second kappa shape index (κ2) is 10.0. The minimum absolute atomic E-state index is 0.0177. The average Bonchev–Trinajstić information content (AvgIpc) is 3.09. The van der Waals surface area contributed by atoms with Crippen LogP contribution in [0.1, 0.15) is 31.0 Å². The molecule has 1 amide bonds. The number of anilines is 1. The normalized spacial score (nSPS) is 17.2. The molecule has 1 atom stereocenters. The molecule has 4 rings (SSSR count). The van der Waals surface area contributed by atoms with Crippen LogP contribution in [0, 0.1) is 0 Å². The SMILES string of the molecule is COc1c(Cl)cc(Cl)cc1/C(O)=C1\C(=O)C(=O)N(c2ccccc2)C1c1ccc(OC(C)C)cc1. The number of carbonyl (C=O) groups is 2. The van der Waals surface area contributed by atoms with Crippen molar-refractivity contribution in [2.24, 2.45) is 0 Å². The van der Waals surface area contributed by atoms with E-state index < -0.39 is 23.5 Å². The summed E-state index contributed by atoms with van der Waals surface area (Å²) in [5.41, 5.74) is 1.13. The van der Waals surface area contributed by atoms with Gasteiger partial charge in [-0.05, 0) is 55.8 Å². The number of halogens is 2. The number of amides is 1. The van der Waals surface area contributed by atoms with Crippen molar-refractivity contribution in [2.45, 2.75) is 26.0 Å². The summed E-state index contributed by atoms with van der Waals surface area (Å²) in [7, 11) is 1.39. The molecule has 3 aromatic carbocycles. The fraction of sp³-hybridized carbons (Fsp3) is 0.185. The van der Waals surface area contributed by atoms with Crippen LogP contribution < -0.4 is 14.4 Å². The second-order valence-corrected chi connectivity index (χ2v) is 9.05. The first-order valence-corrected chi connectivity index (χ1v) is 11.6. The third-order valence-corrected chi connectivity index (χ3v) is 6.01. The molecule has 1 aliphatic rings. The van der Waals surface area contributed by atoms with Crippen LogP contribution in [-0.2, 0) is 9.59 Å². The van der Waals surface area contributed by atoms with Gasteiger partial charge >= 0.3 is 0 Å². The number of Topliss-reactive ketones (excluding diaryl/α,β-unsaturated/α-hetero) is 1. The third-order valence-electron chi connectivity index (χ3n) is 5.51. The molecular formula is C27H23Cl2NO5. The highest BCUT2D eigenvalue weighted by atomic mass is 35.5. The van der Waals surface area contributed by atoms with Crippen molar-refractivity contribution >= 4 is 46.3 Å². The number of rotatable bonds is 6. The summed E-state index contributed by atoms with van der Waals surface area (Å²) in [4.78, 5) is 28.0. The molecule has 6 nitrogen and oxygen atoms in total. The fourth-order valence-electron chi connectivity index (χ4n) is 4.09. The Kier molecular flexibility index (Phi) is 7.05. The van der Waals surface area contributed by atoms with Gasteiger partial charge in [-0.2, -0.15) is 0 Å². The van der Waals surface area contributed by atoms with Crippen molar-refractivity contribution < 1.29 is 24.2 Å². The first kappa shape index (κ1) is 24.6. The van der Waals surface area contributed by atoms with Crippen LogP contribution in [-0.4, -0.2) is 30.0 Å². The molecule has 0 bridgehead atoms. The molecule has 0 aliphatic carbocycles. The minimum Gasteiger partial charge on any atom is -0.507 e. The zero-order valence-electron chi connectivity index (χ0n) is 19.3. The average molecular weight is 512 g/mol. The van der Waals surface area contributed by atoms with Crippen molar-refractivity contribution in [1.82, 2.24) is 0 Å². The monoisotopic (exact) mass is 511 g/mol. The van der Waals surface area contributed by atoms with Crippen LogP contribution in [0.2, 0.25) is 10.0 Å². The standard InChI is InChI=1S/C27H23Cl2NO5/c1-15(2)35-19-11-9-16(10-12-19)23-22(24(31)20-13-17(28)14-21(29)26(20)34-3)25(32)27(33)30(23)18-7-5-4-6-8-18/h4-15,23,31H,1-3H3/b24-22+. The van der Waals surface area contributed by atoms with Crippen LogP contribution >= 0.6 is 23.2 Å². The summed E-state index contributed by atoms with van der Waals surface area (Å²) in [6.07, 6.45) is -0.0177. The van der Waals surface area contributed by atoms with Crippen LogP contribution in [0.3, 0.4) is 0 Å². The van der Waals surface area contributed by atoms with E-state index in [0.717, 1.165) is 0 Å². The Morgan fingerprint density at radius 2 is 1.66 bits per heavy atom. The number of nitrogens with zero attached hydrogens (tertiary/aromatic N) is 1. The maximum Gasteiger partial charge on any atom is 0.300 e. The molecule has 1 fully saturated rings. The molecular weight excluding hydrogens is 489 g/mol. The van der Waals surface area contributed by atoms with Gasteiger partial charge in [0.15, 0.2) is 0 Å². The number of aliphatic hydroxyl groups excluding tert-OH is 1. The number of hydrogen-bond acceptors (Lipinski definition) is 5. The van der Waals surface area contributed by atoms with Gasteiger partial charge in [0.2, 0.25) is 0 Å². The summed E-state index contributed by atoms with van der Waals surface area (Å²) in [5, 5.41) is 11.8. The van der Waals surface area contributed by atoms with E-state index in [1.807, 2.05) is 19.9 Å². The lowest BCUT2D eigenvalue weighted by Gasteiger charge is -2.26. The van der Waals surface area contributed by atoms with Crippen LogP contribution in [0.5, 0.6) is 11.5 Å². The Labute approximate surface area is 213 Å². The molecule has 1 aliphatic heterocycles.